The molecule has 0 saturated carbocycles. The maximum Gasteiger partial charge on any atom is 0.337 e. The number of nitrogens with one attached hydrogen (secondary N) is 2. The molecule has 1 atom stereocenters. The van der Waals surface area contributed by atoms with Gasteiger partial charge in [-0.05, 0) is 30.0 Å². The van der Waals surface area contributed by atoms with E-state index in [1.165, 1.54) is 7.05 Å². The molecule has 0 aliphatic heterocycles. The number of rotatable bonds is 5. The van der Waals surface area contributed by atoms with Gasteiger partial charge in [0.25, 0.3) is 5.91 Å². The Bertz CT molecular complexity index is 792. The van der Waals surface area contributed by atoms with Crippen molar-refractivity contribution in [3.8, 4) is 17.5 Å². The van der Waals surface area contributed by atoms with Crippen LogP contribution < -0.4 is 5.32 Å². The van der Waals surface area contributed by atoms with Crippen LogP contribution in [0.15, 0.2) is 30.7 Å². The molecule has 0 radical (unpaired) electrons. The van der Waals surface area contributed by atoms with E-state index >= 15 is 0 Å². The van der Waals surface area contributed by atoms with Crippen LogP contribution in [0.4, 0.5) is 4.79 Å². The first kappa shape index (κ1) is 18.2. The third-order valence-corrected chi connectivity index (χ3v) is 4.02. The highest BCUT2D eigenvalue weighted by atomic mass is 16.2. The van der Waals surface area contributed by atoms with E-state index in [4.69, 9.17) is 5.26 Å². The third kappa shape index (κ3) is 4.23. The summed E-state index contributed by atoms with van der Waals surface area (Å²) < 4.78 is 0. The van der Waals surface area contributed by atoms with Crippen LogP contribution >= 0.6 is 0 Å². The second-order valence-electron chi connectivity index (χ2n) is 5.86. The van der Waals surface area contributed by atoms with Crippen molar-refractivity contribution in [1.29, 1.82) is 5.26 Å². The molecule has 7 nitrogen and oxygen atoms in total. The summed E-state index contributed by atoms with van der Waals surface area (Å²) in [5.74, 6) is -0.299. The van der Waals surface area contributed by atoms with Crippen LogP contribution in [-0.2, 0) is 0 Å². The van der Waals surface area contributed by atoms with Crippen LogP contribution in [0.5, 0.6) is 0 Å². The smallest absolute Gasteiger partial charge is 0.337 e. The van der Waals surface area contributed by atoms with Crippen LogP contribution in [0, 0.1) is 11.5 Å². The highest BCUT2D eigenvalue weighted by molar-refractivity contribution is 6.04. The van der Waals surface area contributed by atoms with Crippen molar-refractivity contribution in [2.75, 3.05) is 7.05 Å². The molecule has 1 aromatic carbocycles. The fourth-order valence-electron chi connectivity index (χ4n) is 2.64. The van der Waals surface area contributed by atoms with Crippen molar-refractivity contribution >= 4 is 11.9 Å². The van der Waals surface area contributed by atoms with Gasteiger partial charge in [0.05, 0.1) is 12.0 Å². The lowest BCUT2D eigenvalue weighted by Crippen LogP contribution is -2.38. The maximum atomic E-state index is 12.3. The first-order valence-corrected chi connectivity index (χ1v) is 8.09. The number of aromatic amines is 1. The standard InChI is InChI=1S/C18H21N5O2/c1-4-5-12(2)15-8-13(17(24)22-18(25)23(3)10-19)6-7-14(15)16-9-20-11-21-16/h6-9,11-12H,4-5H2,1-3H3,(H,20,21)(H,22,24,25). The Balaban J connectivity index is 2.35. The molecule has 130 valence electrons. The number of carbonyl (C=O) groups is 2. The Labute approximate surface area is 146 Å². The van der Waals surface area contributed by atoms with Crippen LogP contribution in [0.3, 0.4) is 0 Å². The molecule has 0 fully saturated rings. The Morgan fingerprint density at radius 1 is 1.44 bits per heavy atom. The zero-order chi connectivity index (χ0) is 18.4. The van der Waals surface area contributed by atoms with Crippen molar-refractivity contribution in [3.05, 3.63) is 41.9 Å². The van der Waals surface area contributed by atoms with E-state index in [9.17, 15) is 9.59 Å². The molecule has 0 aliphatic rings. The van der Waals surface area contributed by atoms with Crippen molar-refractivity contribution in [1.82, 2.24) is 20.2 Å². The molecular formula is C18H21N5O2. The summed E-state index contributed by atoms with van der Waals surface area (Å²) in [6.45, 7) is 4.21. The largest absolute Gasteiger partial charge is 0.351 e. The minimum absolute atomic E-state index is 0.238. The molecule has 0 bridgehead atoms. The molecule has 2 N–H and O–H groups in total. The minimum Gasteiger partial charge on any atom is -0.351 e. The lowest BCUT2D eigenvalue weighted by atomic mass is 9.89. The minimum atomic E-state index is -0.757. The molecule has 1 unspecified atom stereocenters. The Kier molecular flexibility index (Phi) is 5.90. The van der Waals surface area contributed by atoms with Crippen molar-refractivity contribution < 1.29 is 9.59 Å². The summed E-state index contributed by atoms with van der Waals surface area (Å²) in [5, 5.41) is 10.9. The van der Waals surface area contributed by atoms with Crippen LogP contribution in [0.25, 0.3) is 11.3 Å². The lowest BCUT2D eigenvalue weighted by molar-refractivity contribution is 0.0959. The number of nitrogens with zero attached hydrogens (tertiary/aromatic N) is 3. The molecule has 7 heteroatoms. The van der Waals surface area contributed by atoms with Gasteiger partial charge < -0.3 is 4.98 Å². The van der Waals surface area contributed by atoms with E-state index in [0.717, 1.165) is 34.6 Å². The number of hydrogen-bond acceptors (Lipinski definition) is 4. The summed E-state index contributed by atoms with van der Waals surface area (Å²) in [4.78, 5) is 32.0. The first-order valence-electron chi connectivity index (χ1n) is 8.09. The fraction of sp³-hybridized carbons (Fsp3) is 0.333. The Morgan fingerprint density at radius 2 is 2.20 bits per heavy atom. The van der Waals surface area contributed by atoms with Crippen molar-refractivity contribution in [2.24, 2.45) is 0 Å². The normalized spacial score (nSPS) is 11.4. The molecule has 1 heterocycles. The van der Waals surface area contributed by atoms with Gasteiger partial charge in [0.1, 0.15) is 0 Å². The van der Waals surface area contributed by atoms with Gasteiger partial charge in [-0.2, -0.15) is 5.26 Å². The molecule has 0 aliphatic carbocycles. The number of benzene rings is 1. The van der Waals surface area contributed by atoms with E-state index in [1.54, 1.807) is 24.7 Å². The predicted molar refractivity (Wildman–Crippen MR) is 93.6 cm³/mol. The van der Waals surface area contributed by atoms with Gasteiger partial charge in [0, 0.05) is 24.4 Å². The molecule has 2 aromatic rings. The Morgan fingerprint density at radius 3 is 2.80 bits per heavy atom. The second-order valence-corrected chi connectivity index (χ2v) is 5.86. The van der Waals surface area contributed by atoms with Gasteiger partial charge >= 0.3 is 6.03 Å². The van der Waals surface area contributed by atoms with Gasteiger partial charge in [-0.25, -0.2) is 14.7 Å². The summed E-state index contributed by atoms with van der Waals surface area (Å²) >= 11 is 0. The van der Waals surface area contributed by atoms with Gasteiger partial charge in [-0.1, -0.05) is 26.3 Å². The molecular weight excluding hydrogens is 318 g/mol. The SMILES string of the molecule is CCCC(C)c1cc(C(=O)NC(=O)N(C)C#N)ccc1-c1c[nH]cn1. The van der Waals surface area contributed by atoms with Crippen molar-refractivity contribution in [2.45, 2.75) is 32.6 Å². The molecule has 25 heavy (non-hydrogen) atoms. The second kappa shape index (κ2) is 8.11. The number of amides is 3. The number of imide groups is 1. The average molecular weight is 339 g/mol. The molecule has 3 amide bonds. The average Bonchev–Trinajstić information content (AvgIpc) is 3.15. The number of hydrogen-bond donors (Lipinski definition) is 2. The van der Waals surface area contributed by atoms with E-state index in [-0.39, 0.29) is 5.92 Å². The van der Waals surface area contributed by atoms with Gasteiger partial charge in [-0.3, -0.25) is 10.1 Å². The topological polar surface area (TPSA) is 102 Å². The number of imidazole rings is 1. The van der Waals surface area contributed by atoms with Gasteiger partial charge in [-0.15, -0.1) is 0 Å². The summed E-state index contributed by atoms with van der Waals surface area (Å²) in [5.41, 5.74) is 3.14. The Hall–Kier alpha value is -3.14. The maximum absolute atomic E-state index is 12.3. The van der Waals surface area contributed by atoms with Crippen molar-refractivity contribution in [3.63, 3.8) is 0 Å². The van der Waals surface area contributed by atoms with E-state index in [2.05, 4.69) is 29.1 Å². The van der Waals surface area contributed by atoms with Gasteiger partial charge in [0.2, 0.25) is 0 Å². The van der Waals surface area contributed by atoms with E-state index < -0.39 is 11.9 Å². The number of carbonyl (C=O) groups excluding carboxylic acids is 2. The third-order valence-electron chi connectivity index (χ3n) is 4.02. The number of urea groups is 1. The molecule has 0 spiro atoms. The van der Waals surface area contributed by atoms with Crippen LogP contribution in [-0.4, -0.2) is 33.9 Å². The number of aromatic nitrogens is 2. The number of H-pyrrole nitrogens is 1. The highest BCUT2D eigenvalue weighted by Gasteiger charge is 2.18. The lowest BCUT2D eigenvalue weighted by Gasteiger charge is -2.17. The van der Waals surface area contributed by atoms with E-state index in [0.29, 0.717) is 5.56 Å². The van der Waals surface area contributed by atoms with Gasteiger partial charge in [0.15, 0.2) is 6.19 Å². The first-order chi connectivity index (χ1) is 12.0. The van der Waals surface area contributed by atoms with Crippen LogP contribution in [0.1, 0.15) is 48.5 Å². The summed E-state index contributed by atoms with van der Waals surface area (Å²) in [6, 6.07) is 4.53. The zero-order valence-electron chi connectivity index (χ0n) is 14.5. The summed E-state index contributed by atoms with van der Waals surface area (Å²) in [7, 11) is 1.29. The van der Waals surface area contributed by atoms with E-state index in [1.807, 2.05) is 12.3 Å². The monoisotopic (exact) mass is 339 g/mol. The van der Waals surface area contributed by atoms with Crippen LogP contribution in [0.2, 0.25) is 0 Å². The molecule has 2 rings (SSSR count). The predicted octanol–water partition coefficient (Wildman–Crippen LogP) is 3.24. The molecule has 1 aromatic heterocycles. The number of nitriles is 1. The zero-order valence-corrected chi connectivity index (χ0v) is 14.5. The fourth-order valence-corrected chi connectivity index (χ4v) is 2.64. The molecule has 0 saturated heterocycles. The summed E-state index contributed by atoms with van der Waals surface area (Å²) in [6.07, 6.45) is 7.06. The highest BCUT2D eigenvalue weighted by Crippen LogP contribution is 2.31. The quantitative estimate of drug-likeness (QED) is 0.645.